The predicted molar refractivity (Wildman–Crippen MR) is 87.2 cm³/mol. The normalized spacial score (nSPS) is 12.0. The second kappa shape index (κ2) is 7.48. The molecule has 0 spiro atoms. The molecule has 0 aliphatic carbocycles. The van der Waals surface area contributed by atoms with Gasteiger partial charge in [0.1, 0.15) is 5.82 Å². The minimum absolute atomic E-state index is 0.209. The average Bonchev–Trinajstić information content (AvgIpc) is 2.48. The van der Waals surface area contributed by atoms with E-state index in [0.717, 1.165) is 5.56 Å². The minimum Gasteiger partial charge on any atom is -0.323 e. The second-order valence-corrected chi connectivity index (χ2v) is 6.31. The molecule has 1 atom stereocenters. The largest absolute Gasteiger partial charge is 0.323 e. The predicted octanol–water partition coefficient (Wildman–Crippen LogP) is 4.74. The average molecular weight is 324 g/mol. The highest BCUT2D eigenvalue weighted by molar-refractivity contribution is 7.99. The molecule has 0 bridgehead atoms. The van der Waals surface area contributed by atoms with Crippen LogP contribution in [0.15, 0.2) is 48.5 Å². The number of carbonyl (C=O) groups is 1. The minimum atomic E-state index is -0.430. The Hall–Kier alpha value is -1.52. The van der Waals surface area contributed by atoms with Gasteiger partial charge in [-0.2, -0.15) is 0 Å². The lowest BCUT2D eigenvalue weighted by Gasteiger charge is -2.12. The van der Waals surface area contributed by atoms with Crippen LogP contribution in [-0.2, 0) is 10.5 Å². The number of carbonyl (C=O) groups excluding carboxylic acids is 1. The molecule has 0 aliphatic heterocycles. The van der Waals surface area contributed by atoms with Crippen LogP contribution in [0, 0.1) is 5.82 Å². The maximum absolute atomic E-state index is 13.5. The van der Waals surface area contributed by atoms with E-state index in [9.17, 15) is 9.18 Å². The van der Waals surface area contributed by atoms with Crippen molar-refractivity contribution in [1.82, 2.24) is 0 Å². The Morgan fingerprint density at radius 3 is 2.57 bits per heavy atom. The summed E-state index contributed by atoms with van der Waals surface area (Å²) in [5, 5.41) is 3.01. The number of halogens is 2. The number of nitrogens with one attached hydrogen (secondary N) is 1. The van der Waals surface area contributed by atoms with Crippen molar-refractivity contribution >= 4 is 35.0 Å². The summed E-state index contributed by atoms with van der Waals surface area (Å²) in [6.07, 6.45) is 0. The molecule has 0 radical (unpaired) electrons. The number of thioether (sulfide) groups is 1. The summed E-state index contributed by atoms with van der Waals surface area (Å²) in [4.78, 5) is 12.0. The molecule has 0 saturated carbocycles. The Kier molecular flexibility index (Phi) is 5.65. The smallest absolute Gasteiger partial charge is 0.237 e. The topological polar surface area (TPSA) is 29.1 Å². The van der Waals surface area contributed by atoms with Crippen molar-refractivity contribution in [2.45, 2.75) is 17.9 Å². The van der Waals surface area contributed by atoms with E-state index in [2.05, 4.69) is 5.32 Å². The van der Waals surface area contributed by atoms with Crippen LogP contribution in [0.5, 0.6) is 0 Å². The molecule has 2 aromatic carbocycles. The first-order valence-electron chi connectivity index (χ1n) is 6.47. The van der Waals surface area contributed by atoms with Crippen LogP contribution < -0.4 is 5.32 Å². The zero-order chi connectivity index (χ0) is 15.2. The Morgan fingerprint density at radius 1 is 1.24 bits per heavy atom. The fourth-order valence-corrected chi connectivity index (χ4v) is 2.65. The van der Waals surface area contributed by atoms with E-state index < -0.39 is 5.82 Å². The van der Waals surface area contributed by atoms with Gasteiger partial charge < -0.3 is 5.32 Å². The molecule has 0 fully saturated rings. The van der Waals surface area contributed by atoms with E-state index in [-0.39, 0.29) is 16.8 Å². The molecule has 0 heterocycles. The summed E-state index contributed by atoms with van der Waals surface area (Å²) in [5.74, 6) is 0.0584. The molecule has 0 aromatic heterocycles. The van der Waals surface area contributed by atoms with Gasteiger partial charge in [0.15, 0.2) is 0 Å². The van der Waals surface area contributed by atoms with Gasteiger partial charge in [-0.3, -0.25) is 4.79 Å². The van der Waals surface area contributed by atoms with Crippen molar-refractivity contribution in [1.29, 1.82) is 0 Å². The lowest BCUT2D eigenvalue weighted by Crippen LogP contribution is -2.23. The van der Waals surface area contributed by atoms with Crippen molar-refractivity contribution in [2.75, 3.05) is 5.32 Å². The molecule has 2 nitrogen and oxygen atoms in total. The van der Waals surface area contributed by atoms with E-state index in [1.165, 1.54) is 17.8 Å². The maximum atomic E-state index is 13.5. The summed E-state index contributed by atoms with van der Waals surface area (Å²) < 4.78 is 13.5. The van der Waals surface area contributed by atoms with Gasteiger partial charge in [0.2, 0.25) is 5.91 Å². The summed E-state index contributed by atoms with van der Waals surface area (Å²) >= 11 is 7.31. The molecular weight excluding hydrogens is 309 g/mol. The summed E-state index contributed by atoms with van der Waals surface area (Å²) in [6.45, 7) is 1.80. The van der Waals surface area contributed by atoms with Gasteiger partial charge in [0.05, 0.1) is 10.9 Å². The number of hydrogen-bond acceptors (Lipinski definition) is 2. The van der Waals surface area contributed by atoms with Crippen LogP contribution in [0.1, 0.15) is 12.5 Å². The van der Waals surface area contributed by atoms with E-state index in [0.29, 0.717) is 10.8 Å². The van der Waals surface area contributed by atoms with Crippen LogP contribution in [0.25, 0.3) is 0 Å². The van der Waals surface area contributed by atoms with E-state index in [1.54, 1.807) is 25.1 Å². The van der Waals surface area contributed by atoms with Crippen molar-refractivity contribution in [3.63, 3.8) is 0 Å². The van der Waals surface area contributed by atoms with Crippen LogP contribution in [0.2, 0.25) is 5.02 Å². The van der Waals surface area contributed by atoms with Gasteiger partial charge >= 0.3 is 0 Å². The molecule has 1 amide bonds. The highest BCUT2D eigenvalue weighted by atomic mass is 35.5. The number of rotatable bonds is 5. The van der Waals surface area contributed by atoms with Gasteiger partial charge in [0, 0.05) is 10.8 Å². The third-order valence-corrected chi connectivity index (χ3v) is 4.38. The lowest BCUT2D eigenvalue weighted by molar-refractivity contribution is -0.115. The second-order valence-electron chi connectivity index (χ2n) is 4.55. The molecule has 110 valence electrons. The highest BCUT2D eigenvalue weighted by Crippen LogP contribution is 2.21. The number of anilines is 1. The lowest BCUT2D eigenvalue weighted by atomic mass is 10.2. The highest BCUT2D eigenvalue weighted by Gasteiger charge is 2.15. The number of hydrogen-bond donors (Lipinski definition) is 1. The summed E-state index contributed by atoms with van der Waals surface area (Å²) in [6, 6.07) is 13.6. The fourth-order valence-electron chi connectivity index (χ4n) is 1.67. The standard InChI is InChI=1S/C16H15ClFNOS/c1-11(21-10-12-6-8-13(17)9-7-12)16(20)19-15-5-3-2-4-14(15)18/h2-9,11H,10H2,1H3,(H,19,20)/t11-/m1/s1. The van der Waals surface area contributed by atoms with Crippen molar-refractivity contribution in [2.24, 2.45) is 0 Å². The number of benzene rings is 2. The van der Waals surface area contributed by atoms with Crippen LogP contribution in [0.4, 0.5) is 10.1 Å². The molecule has 2 rings (SSSR count). The first-order chi connectivity index (χ1) is 10.1. The Bertz CT molecular complexity index is 618. The van der Waals surface area contributed by atoms with E-state index in [4.69, 9.17) is 11.6 Å². The molecule has 2 aromatic rings. The molecule has 0 unspecified atom stereocenters. The zero-order valence-corrected chi connectivity index (χ0v) is 13.0. The van der Waals surface area contributed by atoms with E-state index in [1.807, 2.05) is 24.3 Å². The summed E-state index contributed by atoms with van der Waals surface area (Å²) in [5.41, 5.74) is 1.30. The Morgan fingerprint density at radius 2 is 1.90 bits per heavy atom. The van der Waals surface area contributed by atoms with Crippen molar-refractivity contribution in [3.8, 4) is 0 Å². The quantitative estimate of drug-likeness (QED) is 0.861. The van der Waals surface area contributed by atoms with Crippen molar-refractivity contribution < 1.29 is 9.18 Å². The van der Waals surface area contributed by atoms with Gasteiger partial charge in [0.25, 0.3) is 0 Å². The summed E-state index contributed by atoms with van der Waals surface area (Å²) in [7, 11) is 0. The van der Waals surface area contributed by atoms with Gasteiger partial charge in [-0.25, -0.2) is 4.39 Å². The Labute approximate surface area is 132 Å². The van der Waals surface area contributed by atoms with Gasteiger partial charge in [-0.15, -0.1) is 11.8 Å². The first-order valence-corrected chi connectivity index (χ1v) is 7.90. The van der Waals surface area contributed by atoms with Crippen LogP contribution >= 0.6 is 23.4 Å². The molecule has 1 N–H and O–H groups in total. The monoisotopic (exact) mass is 323 g/mol. The molecule has 0 aliphatic rings. The Balaban J connectivity index is 1.88. The third kappa shape index (κ3) is 4.76. The SMILES string of the molecule is C[C@@H](SCc1ccc(Cl)cc1)C(=O)Nc1ccccc1F. The van der Waals surface area contributed by atoms with E-state index >= 15 is 0 Å². The van der Waals surface area contributed by atoms with Gasteiger partial charge in [-0.05, 0) is 36.8 Å². The van der Waals surface area contributed by atoms with Crippen molar-refractivity contribution in [3.05, 3.63) is 64.9 Å². The van der Waals surface area contributed by atoms with Gasteiger partial charge in [-0.1, -0.05) is 35.9 Å². The van der Waals surface area contributed by atoms with Crippen LogP contribution in [-0.4, -0.2) is 11.2 Å². The fraction of sp³-hybridized carbons (Fsp3) is 0.188. The molecule has 0 saturated heterocycles. The first kappa shape index (κ1) is 15.9. The number of para-hydroxylation sites is 1. The third-order valence-electron chi connectivity index (χ3n) is 2.91. The number of amides is 1. The zero-order valence-electron chi connectivity index (χ0n) is 11.5. The molecule has 21 heavy (non-hydrogen) atoms. The van der Waals surface area contributed by atoms with Crippen LogP contribution in [0.3, 0.4) is 0 Å². The maximum Gasteiger partial charge on any atom is 0.237 e. The molecular formula is C16H15ClFNOS. The molecule has 5 heteroatoms.